The van der Waals surface area contributed by atoms with Crippen molar-refractivity contribution in [3.63, 3.8) is 0 Å². The number of carbonyl (C=O) groups is 1. The molecule has 3 rings (SSSR count). The summed E-state index contributed by atoms with van der Waals surface area (Å²) in [6.07, 6.45) is 4.03. The van der Waals surface area contributed by atoms with Crippen LogP contribution < -0.4 is 5.32 Å². The molecule has 5 nitrogen and oxygen atoms in total. The maximum Gasteiger partial charge on any atom is 0.243 e. The molecule has 0 radical (unpaired) electrons. The van der Waals surface area contributed by atoms with E-state index in [1.54, 1.807) is 39.9 Å². The Hall–Kier alpha value is -1.70. The molecule has 0 unspecified atom stereocenters. The zero-order valence-corrected chi connectivity index (χ0v) is 15.6. The van der Waals surface area contributed by atoms with Crippen molar-refractivity contribution in [1.29, 1.82) is 0 Å². The van der Waals surface area contributed by atoms with E-state index in [0.717, 1.165) is 24.8 Å². The van der Waals surface area contributed by atoms with Crippen molar-refractivity contribution in [2.45, 2.75) is 37.0 Å². The van der Waals surface area contributed by atoms with Gasteiger partial charge in [-0.05, 0) is 65.9 Å². The van der Waals surface area contributed by atoms with E-state index in [-0.39, 0.29) is 10.8 Å². The van der Waals surface area contributed by atoms with Crippen LogP contribution in [0.3, 0.4) is 0 Å². The first-order chi connectivity index (χ1) is 12.1. The number of amides is 1. The number of benzene rings is 1. The van der Waals surface area contributed by atoms with Gasteiger partial charge in [-0.1, -0.05) is 6.42 Å². The molecule has 2 aromatic rings. The standard InChI is InChI=1S/C18H22N2O3S2/c21-18(9-4-15-10-13-24-14-15)19-16-5-7-17(8-6-16)25(22,23)20-11-2-1-3-12-20/h5-8,10,13-14H,1-4,9,11-12H2,(H,19,21). The highest BCUT2D eigenvalue weighted by Crippen LogP contribution is 2.22. The number of nitrogens with one attached hydrogen (secondary N) is 1. The third-order valence-corrected chi connectivity index (χ3v) is 6.96. The lowest BCUT2D eigenvalue weighted by Gasteiger charge is -2.25. The van der Waals surface area contributed by atoms with Crippen molar-refractivity contribution in [2.75, 3.05) is 18.4 Å². The molecular formula is C18H22N2O3S2. The summed E-state index contributed by atoms with van der Waals surface area (Å²) in [4.78, 5) is 12.3. The molecule has 0 aliphatic carbocycles. The van der Waals surface area contributed by atoms with Crippen LogP contribution in [0.15, 0.2) is 46.0 Å². The lowest BCUT2D eigenvalue weighted by atomic mass is 10.2. The monoisotopic (exact) mass is 378 g/mol. The molecule has 7 heteroatoms. The summed E-state index contributed by atoms with van der Waals surface area (Å²) in [7, 11) is -3.43. The number of piperidine rings is 1. The fourth-order valence-electron chi connectivity index (χ4n) is 2.88. The summed E-state index contributed by atoms with van der Waals surface area (Å²) in [5, 5.41) is 6.85. The van der Waals surface area contributed by atoms with Gasteiger partial charge in [-0.2, -0.15) is 15.6 Å². The number of aryl methyl sites for hydroxylation is 1. The molecule has 0 bridgehead atoms. The number of sulfonamides is 1. The Balaban J connectivity index is 1.58. The molecule has 0 spiro atoms. The van der Waals surface area contributed by atoms with Crippen LogP contribution in [-0.2, 0) is 21.2 Å². The number of hydrogen-bond donors (Lipinski definition) is 1. The van der Waals surface area contributed by atoms with Crippen LogP contribution in [0.2, 0.25) is 0 Å². The van der Waals surface area contributed by atoms with Gasteiger partial charge in [0.15, 0.2) is 0 Å². The molecule has 1 aliphatic rings. The van der Waals surface area contributed by atoms with Crippen LogP contribution in [0.4, 0.5) is 5.69 Å². The van der Waals surface area contributed by atoms with E-state index in [1.807, 2.05) is 16.8 Å². The second kappa shape index (κ2) is 8.12. The molecule has 134 valence electrons. The summed E-state index contributed by atoms with van der Waals surface area (Å²) in [6.45, 7) is 1.17. The van der Waals surface area contributed by atoms with Crippen LogP contribution in [0.1, 0.15) is 31.2 Å². The molecule has 2 heterocycles. The molecule has 1 aromatic heterocycles. The van der Waals surface area contributed by atoms with Gasteiger partial charge in [0.1, 0.15) is 0 Å². The minimum atomic E-state index is -3.43. The number of hydrogen-bond acceptors (Lipinski definition) is 4. The van der Waals surface area contributed by atoms with Gasteiger partial charge in [-0.15, -0.1) is 0 Å². The van der Waals surface area contributed by atoms with Crippen molar-refractivity contribution in [1.82, 2.24) is 4.31 Å². The van der Waals surface area contributed by atoms with E-state index in [0.29, 0.717) is 31.6 Å². The van der Waals surface area contributed by atoms with E-state index in [1.165, 1.54) is 0 Å². The molecular weight excluding hydrogens is 356 g/mol. The minimum absolute atomic E-state index is 0.0714. The predicted molar refractivity (Wildman–Crippen MR) is 100 cm³/mol. The summed E-state index contributed by atoms with van der Waals surface area (Å²) >= 11 is 1.62. The van der Waals surface area contributed by atoms with Crippen molar-refractivity contribution < 1.29 is 13.2 Å². The second-order valence-corrected chi connectivity index (χ2v) is 8.89. The average molecular weight is 379 g/mol. The topological polar surface area (TPSA) is 66.5 Å². The molecule has 25 heavy (non-hydrogen) atoms. The fourth-order valence-corrected chi connectivity index (χ4v) is 5.10. The van der Waals surface area contributed by atoms with Gasteiger partial charge < -0.3 is 5.32 Å². The molecule has 1 amide bonds. The Morgan fingerprint density at radius 1 is 1.08 bits per heavy atom. The maximum atomic E-state index is 12.6. The molecule has 1 aromatic carbocycles. The Morgan fingerprint density at radius 3 is 2.44 bits per heavy atom. The third-order valence-electron chi connectivity index (χ3n) is 4.31. The van der Waals surface area contributed by atoms with Gasteiger partial charge in [-0.25, -0.2) is 8.42 Å². The zero-order chi connectivity index (χ0) is 17.7. The van der Waals surface area contributed by atoms with E-state index in [4.69, 9.17) is 0 Å². The lowest BCUT2D eigenvalue weighted by Crippen LogP contribution is -2.35. The summed E-state index contributed by atoms with van der Waals surface area (Å²) in [6, 6.07) is 8.45. The highest BCUT2D eigenvalue weighted by Gasteiger charge is 2.25. The number of anilines is 1. The molecule has 0 atom stereocenters. The molecule has 1 fully saturated rings. The smallest absolute Gasteiger partial charge is 0.243 e. The predicted octanol–water partition coefficient (Wildman–Crippen LogP) is 3.49. The van der Waals surface area contributed by atoms with Gasteiger partial charge in [0.05, 0.1) is 4.90 Å². The van der Waals surface area contributed by atoms with Gasteiger partial charge in [0.25, 0.3) is 0 Å². The highest BCUT2D eigenvalue weighted by atomic mass is 32.2. The van der Waals surface area contributed by atoms with Gasteiger partial charge in [-0.3, -0.25) is 4.79 Å². The van der Waals surface area contributed by atoms with Gasteiger partial charge in [0.2, 0.25) is 15.9 Å². The van der Waals surface area contributed by atoms with Crippen LogP contribution >= 0.6 is 11.3 Å². The van der Waals surface area contributed by atoms with Crippen LogP contribution in [0, 0.1) is 0 Å². The molecule has 0 saturated carbocycles. The van der Waals surface area contributed by atoms with Crippen molar-refractivity contribution in [2.24, 2.45) is 0 Å². The number of carbonyl (C=O) groups excluding carboxylic acids is 1. The summed E-state index contributed by atoms with van der Waals surface area (Å²) in [5.74, 6) is -0.0714. The first kappa shape index (κ1) is 18.1. The van der Waals surface area contributed by atoms with Crippen molar-refractivity contribution in [3.8, 4) is 0 Å². The molecule has 1 aliphatic heterocycles. The largest absolute Gasteiger partial charge is 0.326 e. The van der Waals surface area contributed by atoms with E-state index >= 15 is 0 Å². The molecule has 1 saturated heterocycles. The van der Waals surface area contributed by atoms with E-state index in [9.17, 15) is 13.2 Å². The second-order valence-electron chi connectivity index (χ2n) is 6.17. The minimum Gasteiger partial charge on any atom is -0.326 e. The van der Waals surface area contributed by atoms with Gasteiger partial charge >= 0.3 is 0 Å². The van der Waals surface area contributed by atoms with E-state index in [2.05, 4.69) is 5.32 Å². The number of rotatable bonds is 6. The first-order valence-electron chi connectivity index (χ1n) is 8.47. The first-order valence-corrected chi connectivity index (χ1v) is 10.9. The summed E-state index contributed by atoms with van der Waals surface area (Å²) < 4.78 is 26.7. The Kier molecular flexibility index (Phi) is 5.88. The number of nitrogens with zero attached hydrogens (tertiary/aromatic N) is 1. The number of thiophene rings is 1. The Morgan fingerprint density at radius 2 is 1.80 bits per heavy atom. The third kappa shape index (κ3) is 4.68. The fraction of sp³-hybridized carbons (Fsp3) is 0.389. The maximum absolute atomic E-state index is 12.6. The van der Waals surface area contributed by atoms with Gasteiger partial charge in [0, 0.05) is 25.2 Å². The zero-order valence-electron chi connectivity index (χ0n) is 14.0. The van der Waals surface area contributed by atoms with Crippen molar-refractivity contribution in [3.05, 3.63) is 46.7 Å². The highest BCUT2D eigenvalue weighted by molar-refractivity contribution is 7.89. The van der Waals surface area contributed by atoms with E-state index < -0.39 is 10.0 Å². The average Bonchev–Trinajstić information content (AvgIpc) is 3.15. The SMILES string of the molecule is O=C(CCc1ccsc1)Nc1ccc(S(=O)(=O)N2CCCCC2)cc1. The Bertz CT molecular complexity index is 793. The Labute approximate surface area is 152 Å². The van der Waals surface area contributed by atoms with Crippen molar-refractivity contribution >= 4 is 33.0 Å². The quantitative estimate of drug-likeness (QED) is 0.837. The van der Waals surface area contributed by atoms with Crippen LogP contribution in [0.5, 0.6) is 0 Å². The summed E-state index contributed by atoms with van der Waals surface area (Å²) in [5.41, 5.74) is 1.77. The van der Waals surface area contributed by atoms with Crippen LogP contribution in [0.25, 0.3) is 0 Å². The van der Waals surface area contributed by atoms with Crippen LogP contribution in [-0.4, -0.2) is 31.7 Å². The molecule has 1 N–H and O–H groups in total. The lowest BCUT2D eigenvalue weighted by molar-refractivity contribution is -0.116. The normalized spacial score (nSPS) is 15.8.